The van der Waals surface area contributed by atoms with E-state index in [0.29, 0.717) is 11.6 Å². The van der Waals surface area contributed by atoms with Gasteiger partial charge in [0, 0.05) is 23.6 Å². The first-order valence-corrected chi connectivity index (χ1v) is 6.97. The molecule has 0 bridgehead atoms. The molecule has 0 aliphatic heterocycles. The molecule has 0 aliphatic rings. The van der Waals surface area contributed by atoms with Gasteiger partial charge in [0.15, 0.2) is 11.5 Å². The summed E-state index contributed by atoms with van der Waals surface area (Å²) >= 11 is 0. The van der Waals surface area contributed by atoms with Crippen LogP contribution in [0.3, 0.4) is 0 Å². The Balaban J connectivity index is 1.86. The second-order valence-corrected chi connectivity index (χ2v) is 4.99. The number of aryl methyl sites for hydroxylation is 2. The van der Waals surface area contributed by atoms with Gasteiger partial charge in [0.05, 0.1) is 5.69 Å². The third-order valence-electron chi connectivity index (χ3n) is 3.34. The van der Waals surface area contributed by atoms with Gasteiger partial charge in [-0.3, -0.25) is 4.79 Å². The van der Waals surface area contributed by atoms with Crippen LogP contribution in [0.15, 0.2) is 41.1 Å². The van der Waals surface area contributed by atoms with Crippen molar-refractivity contribution in [3.8, 4) is 11.5 Å². The highest BCUT2D eigenvalue weighted by atomic mass is 16.4. The van der Waals surface area contributed by atoms with Gasteiger partial charge in [0.1, 0.15) is 5.76 Å². The van der Waals surface area contributed by atoms with Gasteiger partial charge in [-0.1, -0.05) is 6.07 Å². The number of benzene rings is 1. The number of hydrogen-bond donors (Lipinski definition) is 2. The Labute approximate surface area is 132 Å². The van der Waals surface area contributed by atoms with Crippen molar-refractivity contribution in [1.82, 2.24) is 15.0 Å². The molecule has 7 nitrogen and oxygen atoms in total. The van der Waals surface area contributed by atoms with Gasteiger partial charge in [0.25, 0.3) is 5.91 Å². The van der Waals surface area contributed by atoms with Crippen LogP contribution >= 0.6 is 0 Å². The van der Waals surface area contributed by atoms with E-state index < -0.39 is 5.91 Å². The normalized spacial score (nSPS) is 10.5. The van der Waals surface area contributed by atoms with E-state index >= 15 is 0 Å². The van der Waals surface area contributed by atoms with Crippen LogP contribution in [-0.4, -0.2) is 20.9 Å². The highest BCUT2D eigenvalue weighted by Gasteiger charge is 2.13. The molecule has 0 spiro atoms. The molecule has 0 unspecified atom stereocenters. The number of amides is 1. The maximum atomic E-state index is 12.2. The van der Waals surface area contributed by atoms with Crippen molar-refractivity contribution in [2.45, 2.75) is 13.8 Å². The molecule has 0 radical (unpaired) electrons. The highest BCUT2D eigenvalue weighted by Crippen LogP contribution is 2.24. The number of nitrogens with two attached hydrogens (primary N) is 1. The van der Waals surface area contributed by atoms with E-state index in [1.807, 2.05) is 19.9 Å². The molecule has 23 heavy (non-hydrogen) atoms. The van der Waals surface area contributed by atoms with E-state index in [2.05, 4.69) is 20.3 Å². The third kappa shape index (κ3) is 3.03. The summed E-state index contributed by atoms with van der Waals surface area (Å²) in [7, 11) is 0. The average molecular weight is 309 g/mol. The molecule has 116 valence electrons. The number of anilines is 2. The highest BCUT2D eigenvalue weighted by molar-refractivity contribution is 6.05. The van der Waals surface area contributed by atoms with Crippen LogP contribution in [0.2, 0.25) is 0 Å². The van der Waals surface area contributed by atoms with Crippen LogP contribution in [0, 0.1) is 13.8 Å². The lowest BCUT2D eigenvalue weighted by molar-refractivity contribution is 0.102. The topological polar surface area (TPSA) is 107 Å². The van der Waals surface area contributed by atoms with Crippen molar-refractivity contribution in [1.29, 1.82) is 0 Å². The molecule has 7 heteroatoms. The smallest absolute Gasteiger partial charge is 0.278 e. The molecule has 3 rings (SSSR count). The number of oxazole rings is 1. The number of nitrogens with one attached hydrogen (secondary N) is 1. The standard InChI is InChI=1S/C16H15N5O2/c1-9-10(2)23-16(20-9)11-4-3-5-12(8-11)21-15(22)13-14(17)19-7-6-18-13/h3-8H,1-2H3,(H2,17,19)(H,21,22). The minimum absolute atomic E-state index is 0.0834. The van der Waals surface area contributed by atoms with Crippen LogP contribution in [0.4, 0.5) is 11.5 Å². The van der Waals surface area contributed by atoms with Crippen LogP contribution in [0.1, 0.15) is 21.9 Å². The number of nitrogens with zero attached hydrogens (tertiary/aromatic N) is 3. The van der Waals surface area contributed by atoms with E-state index in [1.165, 1.54) is 12.4 Å². The summed E-state index contributed by atoms with van der Waals surface area (Å²) in [5.41, 5.74) is 7.93. The molecule has 0 saturated heterocycles. The lowest BCUT2D eigenvalue weighted by atomic mass is 10.2. The molecular weight excluding hydrogens is 294 g/mol. The first-order chi connectivity index (χ1) is 11.0. The Morgan fingerprint density at radius 1 is 1.22 bits per heavy atom. The second kappa shape index (κ2) is 5.88. The molecule has 2 aromatic heterocycles. The van der Waals surface area contributed by atoms with Crippen molar-refractivity contribution >= 4 is 17.4 Å². The van der Waals surface area contributed by atoms with Gasteiger partial charge in [-0.05, 0) is 32.0 Å². The Morgan fingerprint density at radius 2 is 2.00 bits per heavy atom. The number of carbonyl (C=O) groups excluding carboxylic acids is 1. The van der Waals surface area contributed by atoms with Gasteiger partial charge >= 0.3 is 0 Å². The molecule has 0 aliphatic carbocycles. The number of aromatic nitrogens is 3. The van der Waals surface area contributed by atoms with Crippen LogP contribution < -0.4 is 11.1 Å². The molecule has 3 aromatic rings. The quantitative estimate of drug-likeness (QED) is 0.770. The maximum absolute atomic E-state index is 12.2. The van der Waals surface area contributed by atoms with Gasteiger partial charge in [0.2, 0.25) is 5.89 Å². The molecule has 1 amide bonds. The van der Waals surface area contributed by atoms with Gasteiger partial charge in [-0.2, -0.15) is 0 Å². The minimum atomic E-state index is -0.424. The molecule has 2 heterocycles. The lowest BCUT2D eigenvalue weighted by Gasteiger charge is -2.06. The van der Waals surface area contributed by atoms with E-state index in [0.717, 1.165) is 17.0 Å². The van der Waals surface area contributed by atoms with Crippen molar-refractivity contribution in [2.24, 2.45) is 0 Å². The summed E-state index contributed by atoms with van der Waals surface area (Å²) in [4.78, 5) is 24.3. The fourth-order valence-corrected chi connectivity index (χ4v) is 2.04. The van der Waals surface area contributed by atoms with Crippen molar-refractivity contribution < 1.29 is 9.21 Å². The minimum Gasteiger partial charge on any atom is -0.441 e. The Hall–Kier alpha value is -3.22. The Morgan fingerprint density at radius 3 is 2.70 bits per heavy atom. The first kappa shape index (κ1) is 14.7. The lowest BCUT2D eigenvalue weighted by Crippen LogP contribution is -2.16. The summed E-state index contributed by atoms with van der Waals surface area (Å²) < 4.78 is 5.60. The van der Waals surface area contributed by atoms with Crippen LogP contribution in [-0.2, 0) is 0 Å². The Kier molecular flexibility index (Phi) is 3.76. The van der Waals surface area contributed by atoms with Crippen molar-refractivity contribution in [2.75, 3.05) is 11.1 Å². The number of hydrogen-bond acceptors (Lipinski definition) is 6. The molecular formula is C16H15N5O2. The number of nitrogen functional groups attached to an aromatic ring is 1. The predicted molar refractivity (Wildman–Crippen MR) is 85.8 cm³/mol. The first-order valence-electron chi connectivity index (χ1n) is 6.97. The van der Waals surface area contributed by atoms with E-state index in [4.69, 9.17) is 10.2 Å². The molecule has 0 fully saturated rings. The summed E-state index contributed by atoms with van der Waals surface area (Å²) in [6.45, 7) is 3.74. The van der Waals surface area contributed by atoms with Gasteiger partial charge in [-0.25, -0.2) is 15.0 Å². The van der Waals surface area contributed by atoms with E-state index in [1.54, 1.807) is 18.2 Å². The summed E-state index contributed by atoms with van der Waals surface area (Å²) in [5, 5.41) is 2.74. The predicted octanol–water partition coefficient (Wildman–Crippen LogP) is 2.58. The summed E-state index contributed by atoms with van der Waals surface area (Å²) in [5.74, 6) is 0.935. The van der Waals surface area contributed by atoms with Gasteiger partial charge in [-0.15, -0.1) is 0 Å². The molecule has 0 saturated carbocycles. The third-order valence-corrected chi connectivity index (χ3v) is 3.34. The SMILES string of the molecule is Cc1nc(-c2cccc(NC(=O)c3nccnc3N)c2)oc1C. The van der Waals surface area contributed by atoms with E-state index in [-0.39, 0.29) is 11.5 Å². The Bertz CT molecular complexity index is 853. The second-order valence-electron chi connectivity index (χ2n) is 4.99. The number of rotatable bonds is 3. The fourth-order valence-electron chi connectivity index (χ4n) is 2.04. The maximum Gasteiger partial charge on any atom is 0.278 e. The monoisotopic (exact) mass is 309 g/mol. The molecule has 0 atom stereocenters. The largest absolute Gasteiger partial charge is 0.441 e. The van der Waals surface area contributed by atoms with Crippen molar-refractivity contribution in [3.05, 3.63) is 53.8 Å². The zero-order valence-corrected chi connectivity index (χ0v) is 12.7. The fraction of sp³-hybridized carbons (Fsp3) is 0.125. The van der Waals surface area contributed by atoms with Crippen LogP contribution in [0.25, 0.3) is 11.5 Å². The summed E-state index contributed by atoms with van der Waals surface area (Å²) in [6.07, 6.45) is 2.85. The zero-order valence-electron chi connectivity index (χ0n) is 12.7. The molecule has 1 aromatic carbocycles. The zero-order chi connectivity index (χ0) is 16.4. The van der Waals surface area contributed by atoms with E-state index in [9.17, 15) is 4.79 Å². The van der Waals surface area contributed by atoms with Crippen molar-refractivity contribution in [3.63, 3.8) is 0 Å². The van der Waals surface area contributed by atoms with Gasteiger partial charge < -0.3 is 15.5 Å². The average Bonchev–Trinajstić information content (AvgIpc) is 2.87. The molecule has 3 N–H and O–H groups in total. The number of carbonyl (C=O) groups is 1. The van der Waals surface area contributed by atoms with Crippen LogP contribution in [0.5, 0.6) is 0 Å². The summed E-state index contributed by atoms with van der Waals surface area (Å²) in [6, 6.07) is 7.20.